The number of ether oxygens (including phenoxy) is 9. The summed E-state index contributed by atoms with van der Waals surface area (Å²) < 4.78 is 77.5. The molecule has 0 amide bonds. The summed E-state index contributed by atoms with van der Waals surface area (Å²) >= 11 is 0. The zero-order chi connectivity index (χ0) is 34.6. The molecule has 1 rings (SSSR count). The van der Waals surface area contributed by atoms with E-state index in [0.717, 1.165) is 12.8 Å². The van der Waals surface area contributed by atoms with Gasteiger partial charge in [-0.2, -0.15) is 8.42 Å². The lowest BCUT2D eigenvalue weighted by atomic mass is 10.1. The van der Waals surface area contributed by atoms with Crippen molar-refractivity contribution in [2.45, 2.75) is 63.2 Å². The van der Waals surface area contributed by atoms with Crippen molar-refractivity contribution in [2.24, 2.45) is 0 Å². The second-order valence-electron chi connectivity index (χ2n) is 10.6. The van der Waals surface area contributed by atoms with Crippen molar-refractivity contribution in [1.82, 2.24) is 0 Å². The van der Waals surface area contributed by atoms with Crippen LogP contribution in [0.4, 0.5) is 0 Å². The van der Waals surface area contributed by atoms with E-state index in [1.807, 2.05) is 0 Å². The minimum Gasteiger partial charge on any atom is -0.463 e. The lowest BCUT2D eigenvalue weighted by Crippen LogP contribution is -2.16. The highest BCUT2D eigenvalue weighted by Gasteiger charge is 2.13. The molecular formula is C34H60O13S. The predicted octanol–water partition coefficient (Wildman–Crippen LogP) is 4.21. The number of esters is 1. The molecule has 0 atom stereocenters. The Bertz CT molecular complexity index is 934. The molecule has 13 nitrogen and oxygen atoms in total. The number of hydrogen-bond acceptors (Lipinski definition) is 13. The standard InChI is InChI=1S/C34H60O13S/c1-2-3-4-5-6-7-11-14-34(35)46-31-29-44-27-25-42-23-21-40-19-17-38-15-16-39-18-20-41-22-24-43-26-28-45-30-32-47-48(36,37)33-12-9-8-10-13-33/h8-10,12-13H,2-7,11,14-32H2,1H3. The molecule has 48 heavy (non-hydrogen) atoms. The van der Waals surface area contributed by atoms with Gasteiger partial charge in [0.05, 0.1) is 117 Å². The number of carbonyl (C=O) groups is 1. The number of unbranched alkanes of at least 4 members (excludes halogenated alkanes) is 6. The summed E-state index contributed by atoms with van der Waals surface area (Å²) in [5.74, 6) is -0.149. The Balaban J connectivity index is 1.68. The average Bonchev–Trinajstić information content (AvgIpc) is 3.09. The molecule has 14 heteroatoms. The topological polar surface area (TPSA) is 144 Å². The molecule has 0 aromatic heterocycles. The normalized spacial score (nSPS) is 11.7. The molecule has 0 saturated heterocycles. The quantitative estimate of drug-likeness (QED) is 0.0554. The maximum Gasteiger partial charge on any atom is 0.305 e. The van der Waals surface area contributed by atoms with E-state index in [0.29, 0.717) is 106 Å². The summed E-state index contributed by atoms with van der Waals surface area (Å²) in [4.78, 5) is 11.8. The zero-order valence-electron chi connectivity index (χ0n) is 29.0. The van der Waals surface area contributed by atoms with Crippen LogP contribution in [0.15, 0.2) is 35.2 Å². The molecule has 1 aromatic carbocycles. The second kappa shape index (κ2) is 33.8. The van der Waals surface area contributed by atoms with Crippen molar-refractivity contribution in [2.75, 3.05) is 119 Å². The number of hydrogen-bond donors (Lipinski definition) is 0. The number of carbonyl (C=O) groups excluding carboxylic acids is 1. The van der Waals surface area contributed by atoms with Crippen molar-refractivity contribution >= 4 is 16.1 Å². The number of rotatable bonds is 37. The highest BCUT2D eigenvalue weighted by molar-refractivity contribution is 7.86. The Kier molecular flexibility index (Phi) is 31.2. The predicted molar refractivity (Wildman–Crippen MR) is 180 cm³/mol. The van der Waals surface area contributed by atoms with Gasteiger partial charge < -0.3 is 42.6 Å². The van der Waals surface area contributed by atoms with Gasteiger partial charge in [-0.05, 0) is 18.6 Å². The molecule has 0 aliphatic rings. The smallest absolute Gasteiger partial charge is 0.305 e. The van der Waals surface area contributed by atoms with Gasteiger partial charge in [0.1, 0.15) is 6.61 Å². The molecular weight excluding hydrogens is 648 g/mol. The van der Waals surface area contributed by atoms with Gasteiger partial charge in [-0.3, -0.25) is 8.98 Å². The lowest BCUT2D eigenvalue weighted by Gasteiger charge is -2.09. The van der Waals surface area contributed by atoms with Gasteiger partial charge in [0.15, 0.2) is 0 Å². The second-order valence-corrected chi connectivity index (χ2v) is 12.2. The first-order valence-electron chi connectivity index (χ1n) is 17.3. The molecule has 0 saturated carbocycles. The summed E-state index contributed by atoms with van der Waals surface area (Å²) in [5, 5.41) is 0. The fraction of sp³-hybridized carbons (Fsp3) is 0.794. The van der Waals surface area contributed by atoms with E-state index < -0.39 is 10.1 Å². The molecule has 0 unspecified atom stereocenters. The summed E-state index contributed by atoms with van der Waals surface area (Å²) in [5.41, 5.74) is 0. The van der Waals surface area contributed by atoms with Gasteiger partial charge in [0.25, 0.3) is 10.1 Å². The monoisotopic (exact) mass is 708 g/mol. The van der Waals surface area contributed by atoms with Crippen LogP contribution in [-0.4, -0.2) is 133 Å². The van der Waals surface area contributed by atoms with Crippen LogP contribution in [0.2, 0.25) is 0 Å². The minimum absolute atomic E-state index is 0.0604. The zero-order valence-corrected chi connectivity index (χ0v) is 29.8. The van der Waals surface area contributed by atoms with Gasteiger partial charge in [-0.15, -0.1) is 0 Å². The first-order chi connectivity index (χ1) is 23.6. The van der Waals surface area contributed by atoms with Crippen LogP contribution in [0.25, 0.3) is 0 Å². The highest BCUT2D eigenvalue weighted by atomic mass is 32.2. The largest absolute Gasteiger partial charge is 0.463 e. The van der Waals surface area contributed by atoms with Gasteiger partial charge in [-0.25, -0.2) is 0 Å². The molecule has 1 aromatic rings. The Morgan fingerprint density at radius 1 is 0.479 bits per heavy atom. The first-order valence-corrected chi connectivity index (χ1v) is 18.7. The molecule has 0 bridgehead atoms. The van der Waals surface area contributed by atoms with Crippen LogP contribution in [0.5, 0.6) is 0 Å². The number of benzene rings is 1. The van der Waals surface area contributed by atoms with Gasteiger partial charge in [0.2, 0.25) is 0 Å². The van der Waals surface area contributed by atoms with Crippen LogP contribution >= 0.6 is 0 Å². The molecule has 0 N–H and O–H groups in total. The summed E-state index contributed by atoms with van der Waals surface area (Å²) in [6.07, 6.45) is 8.74. The summed E-state index contributed by atoms with van der Waals surface area (Å²) in [7, 11) is -3.76. The van der Waals surface area contributed by atoms with Crippen LogP contribution in [0.1, 0.15) is 58.3 Å². The third-order valence-electron chi connectivity index (χ3n) is 6.58. The fourth-order valence-corrected chi connectivity index (χ4v) is 4.93. The van der Waals surface area contributed by atoms with Crippen LogP contribution in [-0.2, 0) is 61.7 Å². The van der Waals surface area contributed by atoms with E-state index in [4.69, 9.17) is 46.8 Å². The van der Waals surface area contributed by atoms with E-state index in [-0.39, 0.29) is 30.7 Å². The minimum atomic E-state index is -3.76. The molecule has 0 radical (unpaired) electrons. The first kappa shape index (κ1) is 44.3. The Hall–Kier alpha value is -1.72. The van der Waals surface area contributed by atoms with Crippen molar-refractivity contribution in [1.29, 1.82) is 0 Å². The third kappa shape index (κ3) is 29.2. The van der Waals surface area contributed by atoms with Crippen molar-refractivity contribution < 1.29 is 60.0 Å². The molecule has 0 aliphatic carbocycles. The Morgan fingerprint density at radius 3 is 1.25 bits per heavy atom. The SMILES string of the molecule is CCCCCCCCCC(=O)OCCOCCOCCOCCOCCOCCOCCOCCOCCOS(=O)(=O)c1ccccc1. The highest BCUT2D eigenvalue weighted by Crippen LogP contribution is 2.11. The van der Waals surface area contributed by atoms with Gasteiger partial charge in [0, 0.05) is 6.42 Å². The maximum atomic E-state index is 12.0. The molecule has 0 aliphatic heterocycles. The molecule has 0 fully saturated rings. The maximum absolute atomic E-state index is 12.0. The Morgan fingerprint density at radius 2 is 0.833 bits per heavy atom. The third-order valence-corrected chi connectivity index (χ3v) is 7.90. The Labute approximate surface area is 288 Å². The van der Waals surface area contributed by atoms with Crippen molar-refractivity contribution in [3.63, 3.8) is 0 Å². The van der Waals surface area contributed by atoms with E-state index in [1.54, 1.807) is 18.2 Å². The summed E-state index contributed by atoms with van der Waals surface area (Å²) in [6, 6.07) is 7.97. The van der Waals surface area contributed by atoms with Crippen LogP contribution in [0, 0.1) is 0 Å². The van der Waals surface area contributed by atoms with Gasteiger partial charge in [-0.1, -0.05) is 63.6 Å². The van der Waals surface area contributed by atoms with Crippen molar-refractivity contribution in [3.05, 3.63) is 30.3 Å². The van der Waals surface area contributed by atoms with Crippen molar-refractivity contribution in [3.8, 4) is 0 Å². The molecule has 0 heterocycles. The van der Waals surface area contributed by atoms with E-state index in [9.17, 15) is 13.2 Å². The molecule has 0 spiro atoms. The summed E-state index contributed by atoms with van der Waals surface area (Å²) in [6.45, 7) is 9.13. The van der Waals surface area contributed by atoms with E-state index in [1.165, 1.54) is 44.2 Å². The van der Waals surface area contributed by atoms with E-state index in [2.05, 4.69) is 6.92 Å². The van der Waals surface area contributed by atoms with Crippen LogP contribution in [0.3, 0.4) is 0 Å². The van der Waals surface area contributed by atoms with Crippen LogP contribution < -0.4 is 0 Å². The average molecular weight is 709 g/mol. The molecule has 280 valence electrons. The lowest BCUT2D eigenvalue weighted by molar-refractivity contribution is -0.145. The van der Waals surface area contributed by atoms with E-state index >= 15 is 0 Å². The van der Waals surface area contributed by atoms with Gasteiger partial charge >= 0.3 is 5.97 Å². The fourth-order valence-electron chi connectivity index (χ4n) is 4.01.